The topological polar surface area (TPSA) is 66.5 Å². The third-order valence-corrected chi connectivity index (χ3v) is 4.08. The molecule has 1 aliphatic heterocycles. The van der Waals surface area contributed by atoms with Gasteiger partial charge in [-0.05, 0) is 31.1 Å². The lowest BCUT2D eigenvalue weighted by atomic mass is 10.0. The van der Waals surface area contributed by atoms with Gasteiger partial charge in [0.25, 0.3) is 0 Å². The maximum Gasteiger partial charge on any atom is 0.233 e. The van der Waals surface area contributed by atoms with Gasteiger partial charge in [-0.1, -0.05) is 13.8 Å². The lowest BCUT2D eigenvalue weighted by molar-refractivity contribution is -0.139. The molecule has 0 bridgehead atoms. The second-order valence-corrected chi connectivity index (χ2v) is 6.31. The highest BCUT2D eigenvalue weighted by atomic mass is 16.2. The first kappa shape index (κ1) is 15.0. The van der Waals surface area contributed by atoms with Crippen molar-refractivity contribution < 1.29 is 14.4 Å². The molecule has 0 spiro atoms. The molecule has 1 saturated carbocycles. The number of hydrogen-bond donors (Lipinski definition) is 1. The Morgan fingerprint density at radius 1 is 1.35 bits per heavy atom. The fourth-order valence-electron chi connectivity index (χ4n) is 2.61. The highest BCUT2D eigenvalue weighted by molar-refractivity contribution is 6.04. The number of carbonyl (C=O) groups is 3. The summed E-state index contributed by atoms with van der Waals surface area (Å²) in [4.78, 5) is 36.8. The number of rotatable bonds is 7. The standard InChI is InChI=1S/C15H24N2O3/c1-10(2)5-7-16-13(18)6-8-17-14(19)9-12(15(17)20)11-3-4-11/h10-12H,3-9H2,1-2H3,(H,16,18). The molecule has 5 heteroatoms. The summed E-state index contributed by atoms with van der Waals surface area (Å²) < 4.78 is 0. The Bertz CT molecular complexity index is 402. The Balaban J connectivity index is 1.71. The molecule has 2 aliphatic rings. The van der Waals surface area contributed by atoms with Crippen LogP contribution >= 0.6 is 0 Å². The first-order valence-corrected chi connectivity index (χ1v) is 7.60. The monoisotopic (exact) mass is 280 g/mol. The number of nitrogens with zero attached hydrogens (tertiary/aromatic N) is 1. The number of likely N-dealkylation sites (tertiary alicyclic amines) is 1. The molecular formula is C15H24N2O3. The number of imide groups is 1. The Hall–Kier alpha value is -1.39. The van der Waals surface area contributed by atoms with Crippen LogP contribution in [0.4, 0.5) is 0 Å². The van der Waals surface area contributed by atoms with Gasteiger partial charge >= 0.3 is 0 Å². The van der Waals surface area contributed by atoms with E-state index in [2.05, 4.69) is 19.2 Å². The van der Waals surface area contributed by atoms with Crippen molar-refractivity contribution in [1.82, 2.24) is 10.2 Å². The molecule has 1 saturated heterocycles. The summed E-state index contributed by atoms with van der Waals surface area (Å²) in [6.07, 6.45) is 3.63. The molecule has 0 aromatic heterocycles. The predicted molar refractivity (Wildman–Crippen MR) is 74.6 cm³/mol. The van der Waals surface area contributed by atoms with Crippen molar-refractivity contribution >= 4 is 17.7 Å². The zero-order valence-corrected chi connectivity index (χ0v) is 12.4. The minimum atomic E-state index is -0.109. The Morgan fingerprint density at radius 3 is 2.65 bits per heavy atom. The summed E-state index contributed by atoms with van der Waals surface area (Å²) in [7, 11) is 0. The van der Waals surface area contributed by atoms with Crippen molar-refractivity contribution in [2.75, 3.05) is 13.1 Å². The van der Waals surface area contributed by atoms with Gasteiger partial charge in [-0.15, -0.1) is 0 Å². The van der Waals surface area contributed by atoms with E-state index in [-0.39, 0.29) is 36.6 Å². The molecule has 20 heavy (non-hydrogen) atoms. The lowest BCUT2D eigenvalue weighted by Crippen LogP contribution is -2.35. The van der Waals surface area contributed by atoms with E-state index in [0.29, 0.717) is 24.8 Å². The molecule has 0 aromatic rings. The van der Waals surface area contributed by atoms with Crippen LogP contribution in [0.1, 0.15) is 46.0 Å². The summed E-state index contributed by atoms with van der Waals surface area (Å²) in [6.45, 7) is 5.09. The molecule has 2 rings (SSSR count). The van der Waals surface area contributed by atoms with Crippen molar-refractivity contribution in [3.8, 4) is 0 Å². The van der Waals surface area contributed by atoms with Crippen LogP contribution in [0.5, 0.6) is 0 Å². The van der Waals surface area contributed by atoms with Gasteiger partial charge in [0, 0.05) is 25.9 Å². The first-order chi connectivity index (χ1) is 9.49. The van der Waals surface area contributed by atoms with Crippen LogP contribution < -0.4 is 5.32 Å². The van der Waals surface area contributed by atoms with Crippen LogP contribution in [0.25, 0.3) is 0 Å². The van der Waals surface area contributed by atoms with Crippen LogP contribution in [0, 0.1) is 17.8 Å². The Labute approximate surface area is 120 Å². The maximum atomic E-state index is 12.1. The van der Waals surface area contributed by atoms with Crippen LogP contribution in [0.2, 0.25) is 0 Å². The van der Waals surface area contributed by atoms with Crippen LogP contribution in [-0.2, 0) is 14.4 Å². The quantitative estimate of drug-likeness (QED) is 0.715. The summed E-state index contributed by atoms with van der Waals surface area (Å²) >= 11 is 0. The zero-order chi connectivity index (χ0) is 14.7. The summed E-state index contributed by atoms with van der Waals surface area (Å²) in [5, 5.41) is 2.83. The van der Waals surface area contributed by atoms with E-state index < -0.39 is 0 Å². The molecule has 3 amide bonds. The largest absolute Gasteiger partial charge is 0.356 e. The van der Waals surface area contributed by atoms with E-state index in [1.807, 2.05) is 0 Å². The smallest absolute Gasteiger partial charge is 0.233 e. The van der Waals surface area contributed by atoms with E-state index in [1.165, 1.54) is 4.90 Å². The van der Waals surface area contributed by atoms with Gasteiger partial charge in [0.05, 0.1) is 5.92 Å². The fourth-order valence-corrected chi connectivity index (χ4v) is 2.61. The molecule has 1 unspecified atom stereocenters. The second kappa shape index (κ2) is 6.37. The van der Waals surface area contributed by atoms with Crippen LogP contribution in [0.15, 0.2) is 0 Å². The predicted octanol–water partition coefficient (Wildman–Crippen LogP) is 1.32. The average Bonchev–Trinajstić information content (AvgIpc) is 3.15. The number of nitrogens with one attached hydrogen (secondary N) is 1. The lowest BCUT2D eigenvalue weighted by Gasteiger charge is -2.14. The van der Waals surface area contributed by atoms with E-state index >= 15 is 0 Å². The summed E-state index contributed by atoms with van der Waals surface area (Å²) in [6, 6.07) is 0. The van der Waals surface area contributed by atoms with Crippen molar-refractivity contribution in [2.24, 2.45) is 17.8 Å². The normalized spacial score (nSPS) is 22.8. The van der Waals surface area contributed by atoms with Crippen LogP contribution in [-0.4, -0.2) is 35.7 Å². The molecule has 1 heterocycles. The fraction of sp³-hybridized carbons (Fsp3) is 0.800. The van der Waals surface area contributed by atoms with E-state index in [9.17, 15) is 14.4 Å². The molecule has 112 valence electrons. The van der Waals surface area contributed by atoms with Gasteiger partial charge in [-0.2, -0.15) is 0 Å². The van der Waals surface area contributed by atoms with Gasteiger partial charge in [0.1, 0.15) is 0 Å². The Kier molecular flexibility index (Phi) is 4.78. The van der Waals surface area contributed by atoms with E-state index in [0.717, 1.165) is 19.3 Å². The highest BCUT2D eigenvalue weighted by Crippen LogP contribution is 2.42. The van der Waals surface area contributed by atoms with Crippen molar-refractivity contribution in [1.29, 1.82) is 0 Å². The van der Waals surface area contributed by atoms with Crippen LogP contribution in [0.3, 0.4) is 0 Å². The molecule has 5 nitrogen and oxygen atoms in total. The molecule has 1 aliphatic carbocycles. The van der Waals surface area contributed by atoms with E-state index in [1.54, 1.807) is 0 Å². The maximum absolute atomic E-state index is 12.1. The van der Waals surface area contributed by atoms with Crippen molar-refractivity contribution in [2.45, 2.75) is 46.0 Å². The minimum Gasteiger partial charge on any atom is -0.356 e. The number of amides is 3. The average molecular weight is 280 g/mol. The minimum absolute atomic E-state index is 0.0625. The van der Waals surface area contributed by atoms with Gasteiger partial charge in [-0.25, -0.2) is 0 Å². The van der Waals surface area contributed by atoms with Gasteiger partial charge in [0.15, 0.2) is 0 Å². The third-order valence-electron chi connectivity index (χ3n) is 4.08. The molecule has 0 radical (unpaired) electrons. The zero-order valence-electron chi connectivity index (χ0n) is 12.4. The first-order valence-electron chi connectivity index (χ1n) is 7.60. The third kappa shape index (κ3) is 3.81. The van der Waals surface area contributed by atoms with Crippen molar-refractivity contribution in [3.05, 3.63) is 0 Å². The molecule has 0 aromatic carbocycles. The Morgan fingerprint density at radius 2 is 2.05 bits per heavy atom. The van der Waals surface area contributed by atoms with Crippen molar-refractivity contribution in [3.63, 3.8) is 0 Å². The molecule has 1 atom stereocenters. The second-order valence-electron chi connectivity index (χ2n) is 6.31. The SMILES string of the molecule is CC(C)CCNC(=O)CCN1C(=O)CC(C2CC2)C1=O. The van der Waals surface area contributed by atoms with Gasteiger partial charge < -0.3 is 5.32 Å². The van der Waals surface area contributed by atoms with E-state index in [4.69, 9.17) is 0 Å². The molecule has 1 N–H and O–H groups in total. The summed E-state index contributed by atoms with van der Waals surface area (Å²) in [5.74, 6) is 0.606. The highest BCUT2D eigenvalue weighted by Gasteiger charge is 2.46. The molecular weight excluding hydrogens is 256 g/mol. The number of carbonyl (C=O) groups excluding carboxylic acids is 3. The summed E-state index contributed by atoms with van der Waals surface area (Å²) in [5.41, 5.74) is 0. The van der Waals surface area contributed by atoms with Gasteiger partial charge in [-0.3, -0.25) is 19.3 Å². The van der Waals surface area contributed by atoms with Gasteiger partial charge in [0.2, 0.25) is 17.7 Å². The molecule has 2 fully saturated rings. The number of hydrogen-bond acceptors (Lipinski definition) is 3.